The molecule has 0 saturated carbocycles. The largest absolute Gasteiger partial charge is 0.452 e. The summed E-state index contributed by atoms with van der Waals surface area (Å²) < 4.78 is 4.87. The fourth-order valence-electron chi connectivity index (χ4n) is 1.97. The van der Waals surface area contributed by atoms with E-state index in [4.69, 9.17) is 16.3 Å². The molecule has 2 aromatic carbocycles. The quantitative estimate of drug-likeness (QED) is 0.485. The summed E-state index contributed by atoms with van der Waals surface area (Å²) in [5.41, 5.74) is 1.62. The van der Waals surface area contributed by atoms with E-state index in [1.807, 2.05) is 0 Å². The highest BCUT2D eigenvalue weighted by Gasteiger charge is 2.07. The van der Waals surface area contributed by atoms with Crippen LogP contribution in [0.15, 0.2) is 54.6 Å². The van der Waals surface area contributed by atoms with Crippen molar-refractivity contribution >= 4 is 41.0 Å². The Morgan fingerprint density at radius 3 is 2.60 bits per heavy atom. The summed E-state index contributed by atoms with van der Waals surface area (Å²) in [6, 6.07) is 13.5. The van der Waals surface area contributed by atoms with Crippen molar-refractivity contribution in [2.24, 2.45) is 0 Å². The third-order valence-electron chi connectivity index (χ3n) is 3.20. The van der Waals surface area contributed by atoms with Gasteiger partial charge in [-0.25, -0.2) is 4.79 Å². The maximum atomic E-state index is 11.8. The topological polar surface area (TPSA) is 72.5 Å². The molecule has 0 heterocycles. The van der Waals surface area contributed by atoms with Gasteiger partial charge in [0.1, 0.15) is 0 Å². The number of ether oxygens (including phenoxy) is 1. The van der Waals surface area contributed by atoms with Gasteiger partial charge in [0.2, 0.25) is 0 Å². The molecule has 0 atom stereocenters. The van der Waals surface area contributed by atoms with E-state index in [0.29, 0.717) is 21.8 Å². The van der Waals surface area contributed by atoms with Crippen LogP contribution in [0.3, 0.4) is 0 Å². The number of anilines is 1. The number of carbonyl (C=O) groups is 3. The second kappa shape index (κ2) is 8.80. The summed E-state index contributed by atoms with van der Waals surface area (Å²) in [5.74, 6) is -1.26. The van der Waals surface area contributed by atoms with E-state index < -0.39 is 18.5 Å². The molecule has 2 rings (SSSR count). The van der Waals surface area contributed by atoms with Crippen molar-refractivity contribution in [3.63, 3.8) is 0 Å². The van der Waals surface area contributed by atoms with Gasteiger partial charge in [0.05, 0.1) is 0 Å². The summed E-state index contributed by atoms with van der Waals surface area (Å²) in [6.45, 7) is 1.00. The number of hydrogen-bond acceptors (Lipinski definition) is 4. The number of carbonyl (C=O) groups excluding carboxylic acids is 3. The molecule has 2 aromatic rings. The number of esters is 1. The number of ketones is 1. The average Bonchev–Trinajstić information content (AvgIpc) is 2.59. The second-order valence-corrected chi connectivity index (χ2v) is 5.55. The average molecular weight is 358 g/mol. The van der Waals surface area contributed by atoms with Crippen molar-refractivity contribution in [3.05, 3.63) is 70.8 Å². The normalized spacial score (nSPS) is 10.5. The minimum Gasteiger partial charge on any atom is -0.452 e. The van der Waals surface area contributed by atoms with E-state index in [2.05, 4.69) is 5.32 Å². The number of halogens is 1. The minimum atomic E-state index is -0.660. The van der Waals surface area contributed by atoms with Crippen LogP contribution in [0.4, 0.5) is 5.69 Å². The molecule has 0 spiro atoms. The summed E-state index contributed by atoms with van der Waals surface area (Å²) >= 11 is 5.97. The van der Waals surface area contributed by atoms with Crippen LogP contribution in [0.25, 0.3) is 6.08 Å². The summed E-state index contributed by atoms with van der Waals surface area (Å²) in [7, 11) is 0. The van der Waals surface area contributed by atoms with Gasteiger partial charge < -0.3 is 10.1 Å². The van der Waals surface area contributed by atoms with E-state index in [1.54, 1.807) is 48.5 Å². The van der Waals surface area contributed by atoms with Crippen molar-refractivity contribution in [1.82, 2.24) is 0 Å². The van der Waals surface area contributed by atoms with Gasteiger partial charge in [-0.3, -0.25) is 9.59 Å². The highest BCUT2D eigenvalue weighted by Crippen LogP contribution is 2.16. The van der Waals surface area contributed by atoms with Gasteiger partial charge in [-0.05, 0) is 36.8 Å². The molecule has 25 heavy (non-hydrogen) atoms. The molecule has 0 bridgehead atoms. The van der Waals surface area contributed by atoms with Gasteiger partial charge in [-0.15, -0.1) is 0 Å². The highest BCUT2D eigenvalue weighted by molar-refractivity contribution is 6.32. The Bertz CT molecular complexity index is 830. The maximum Gasteiger partial charge on any atom is 0.331 e. The molecule has 6 heteroatoms. The summed E-state index contributed by atoms with van der Waals surface area (Å²) in [6.07, 6.45) is 2.71. The van der Waals surface area contributed by atoms with Crippen LogP contribution in [0.2, 0.25) is 5.02 Å². The lowest BCUT2D eigenvalue weighted by atomic mass is 10.1. The first-order chi connectivity index (χ1) is 12.0. The maximum absolute atomic E-state index is 11.8. The molecule has 5 nitrogen and oxygen atoms in total. The van der Waals surface area contributed by atoms with Crippen molar-refractivity contribution in [3.8, 4) is 0 Å². The lowest BCUT2D eigenvalue weighted by Gasteiger charge is -2.06. The number of rotatable bonds is 6. The smallest absolute Gasteiger partial charge is 0.331 e. The third kappa shape index (κ3) is 5.90. The van der Waals surface area contributed by atoms with Crippen LogP contribution in [-0.4, -0.2) is 24.3 Å². The molecule has 1 N–H and O–H groups in total. The second-order valence-electron chi connectivity index (χ2n) is 5.15. The van der Waals surface area contributed by atoms with Crippen LogP contribution in [0.1, 0.15) is 22.8 Å². The first-order valence-corrected chi connectivity index (χ1v) is 7.84. The molecule has 0 saturated heterocycles. The molecular weight excluding hydrogens is 342 g/mol. The zero-order valence-corrected chi connectivity index (χ0v) is 14.2. The zero-order valence-electron chi connectivity index (χ0n) is 13.5. The van der Waals surface area contributed by atoms with Crippen molar-refractivity contribution in [1.29, 1.82) is 0 Å². The third-order valence-corrected chi connectivity index (χ3v) is 3.55. The molecule has 0 aliphatic heterocycles. The number of benzene rings is 2. The zero-order chi connectivity index (χ0) is 18.2. The van der Waals surface area contributed by atoms with E-state index in [0.717, 1.165) is 0 Å². The highest BCUT2D eigenvalue weighted by atomic mass is 35.5. The first kappa shape index (κ1) is 18.4. The van der Waals surface area contributed by atoms with Gasteiger partial charge in [0, 0.05) is 22.3 Å². The Morgan fingerprint density at radius 2 is 1.88 bits per heavy atom. The fourth-order valence-corrected chi connectivity index (χ4v) is 2.16. The lowest BCUT2D eigenvalue weighted by Crippen LogP contribution is -2.20. The number of amides is 1. The first-order valence-electron chi connectivity index (χ1n) is 7.46. The predicted octanol–water partition coefficient (Wildman–Crippen LogP) is 3.74. The van der Waals surface area contributed by atoms with Gasteiger partial charge in [-0.1, -0.05) is 41.9 Å². The lowest BCUT2D eigenvalue weighted by molar-refractivity contribution is -0.142. The molecule has 1 amide bonds. The Balaban J connectivity index is 1.85. The number of Topliss-reactive ketones (excluding diaryl/α,β-unsaturated/α-hetero) is 1. The fraction of sp³-hybridized carbons (Fsp3) is 0.105. The molecule has 0 radical (unpaired) electrons. The Kier molecular flexibility index (Phi) is 6.48. The van der Waals surface area contributed by atoms with E-state index in [1.165, 1.54) is 19.1 Å². The van der Waals surface area contributed by atoms with Crippen molar-refractivity contribution in [2.45, 2.75) is 6.92 Å². The molecule has 0 unspecified atom stereocenters. The molecule has 0 aliphatic carbocycles. The van der Waals surface area contributed by atoms with Crippen LogP contribution < -0.4 is 5.32 Å². The molecule has 0 fully saturated rings. The molecule has 0 aromatic heterocycles. The Morgan fingerprint density at radius 1 is 1.12 bits per heavy atom. The molecule has 0 aliphatic rings. The van der Waals surface area contributed by atoms with Crippen molar-refractivity contribution < 1.29 is 19.1 Å². The van der Waals surface area contributed by atoms with Crippen LogP contribution >= 0.6 is 11.6 Å². The van der Waals surface area contributed by atoms with Gasteiger partial charge >= 0.3 is 5.97 Å². The van der Waals surface area contributed by atoms with Gasteiger partial charge in [0.25, 0.3) is 5.91 Å². The Labute approximate surface area is 150 Å². The van der Waals surface area contributed by atoms with E-state index in [9.17, 15) is 14.4 Å². The predicted molar refractivity (Wildman–Crippen MR) is 96.5 cm³/mol. The standard InChI is InChI=1S/C19H16ClNO4/c1-13(22)15-6-4-7-16(11-15)21-18(23)12-25-19(24)10-9-14-5-2-3-8-17(14)20/h2-11H,12H2,1H3,(H,21,23)/b10-9+. The van der Waals surface area contributed by atoms with Crippen LogP contribution in [0.5, 0.6) is 0 Å². The van der Waals surface area contributed by atoms with Crippen LogP contribution in [-0.2, 0) is 14.3 Å². The van der Waals surface area contributed by atoms with Crippen LogP contribution in [0, 0.1) is 0 Å². The molecular formula is C19H16ClNO4. The monoisotopic (exact) mass is 357 g/mol. The summed E-state index contributed by atoms with van der Waals surface area (Å²) in [4.78, 5) is 34.8. The van der Waals surface area contributed by atoms with Crippen molar-refractivity contribution in [2.75, 3.05) is 11.9 Å². The number of nitrogens with one attached hydrogen (secondary N) is 1. The van der Waals surface area contributed by atoms with E-state index >= 15 is 0 Å². The molecule has 128 valence electrons. The van der Waals surface area contributed by atoms with E-state index in [-0.39, 0.29) is 5.78 Å². The van der Waals surface area contributed by atoms with Gasteiger partial charge in [-0.2, -0.15) is 0 Å². The summed E-state index contributed by atoms with van der Waals surface area (Å²) in [5, 5.41) is 3.07. The SMILES string of the molecule is CC(=O)c1cccc(NC(=O)COC(=O)/C=C/c2ccccc2Cl)c1. The number of hydrogen-bond donors (Lipinski definition) is 1. The van der Waals surface area contributed by atoms with Gasteiger partial charge in [0.15, 0.2) is 12.4 Å². The minimum absolute atomic E-state index is 0.104. The Hall–Kier alpha value is -2.92.